The molecule has 216 valence electrons. The number of carbonyl (C=O) groups is 2. The van der Waals surface area contributed by atoms with Crippen molar-refractivity contribution in [1.29, 1.82) is 0 Å². The Hall–Kier alpha value is -3.01. The minimum absolute atomic E-state index is 0.0118. The van der Waals surface area contributed by atoms with Gasteiger partial charge in [-0.1, -0.05) is 40.0 Å². The maximum atomic E-state index is 14.2. The summed E-state index contributed by atoms with van der Waals surface area (Å²) in [6.07, 6.45) is -10.7. The molecule has 2 amide bonds. The Morgan fingerprint density at radius 3 is 2.33 bits per heavy atom. The lowest BCUT2D eigenvalue weighted by Crippen LogP contribution is -2.44. The molecular weight excluding hydrogens is 624 g/mol. The van der Waals surface area contributed by atoms with E-state index in [0.717, 1.165) is 6.07 Å². The first kappa shape index (κ1) is 30.0. The standard InChI is InChI=1S/C22H14Cl3F7N4O4/c23-12-2-1-10(5-11(12)18(37)34-15-7-39-36(19(15)38)8-21(27,28)29)33-16-6-20(40-35-16,22(30,31)32)9-3-13(24)17(26)14(25)4-9/h1-5,15H,6-8H2,(H,33,35)(H,34,37)/t15-,20?/m1/s1. The van der Waals surface area contributed by atoms with Gasteiger partial charge in [0.05, 0.1) is 27.1 Å². The van der Waals surface area contributed by atoms with Gasteiger partial charge in [0.2, 0.25) is 0 Å². The van der Waals surface area contributed by atoms with Crippen LogP contribution in [0.4, 0.5) is 36.4 Å². The zero-order valence-corrected chi connectivity index (χ0v) is 21.7. The average Bonchev–Trinajstić information content (AvgIpc) is 3.42. The smallest absolute Gasteiger partial charge is 0.372 e. The number of halogens is 10. The normalized spacial score (nSPS) is 21.4. The monoisotopic (exact) mass is 636 g/mol. The van der Waals surface area contributed by atoms with E-state index < -0.39 is 76.8 Å². The van der Waals surface area contributed by atoms with Crippen molar-refractivity contribution >= 4 is 58.1 Å². The van der Waals surface area contributed by atoms with Crippen LogP contribution < -0.4 is 10.6 Å². The fourth-order valence-electron chi connectivity index (χ4n) is 3.80. The first-order chi connectivity index (χ1) is 18.5. The van der Waals surface area contributed by atoms with E-state index in [9.17, 15) is 40.3 Å². The fourth-order valence-corrected chi connectivity index (χ4v) is 4.49. The van der Waals surface area contributed by atoms with Crippen LogP contribution in [-0.2, 0) is 20.1 Å². The van der Waals surface area contributed by atoms with Gasteiger partial charge >= 0.3 is 12.4 Å². The van der Waals surface area contributed by atoms with Gasteiger partial charge in [-0.3, -0.25) is 14.4 Å². The summed E-state index contributed by atoms with van der Waals surface area (Å²) in [5.74, 6) is -3.59. The second kappa shape index (κ2) is 10.8. The van der Waals surface area contributed by atoms with Crippen LogP contribution in [0.5, 0.6) is 0 Å². The Morgan fingerprint density at radius 2 is 1.73 bits per heavy atom. The third-order valence-electron chi connectivity index (χ3n) is 5.70. The number of carbonyl (C=O) groups excluding carboxylic acids is 2. The lowest BCUT2D eigenvalue weighted by molar-refractivity contribution is -0.275. The highest BCUT2D eigenvalue weighted by Gasteiger charge is 2.62. The molecular formula is C22H14Cl3F7N4O4. The highest BCUT2D eigenvalue weighted by Crippen LogP contribution is 2.49. The molecule has 4 rings (SSSR count). The van der Waals surface area contributed by atoms with E-state index in [1.54, 1.807) is 0 Å². The van der Waals surface area contributed by atoms with Crippen LogP contribution in [0.3, 0.4) is 0 Å². The molecule has 0 saturated carbocycles. The number of nitrogens with zero attached hydrogens (tertiary/aromatic N) is 2. The number of benzene rings is 2. The summed E-state index contributed by atoms with van der Waals surface area (Å²) in [5.41, 5.74) is -3.95. The molecule has 2 aliphatic heterocycles. The molecule has 2 aromatic carbocycles. The fraction of sp³-hybridized carbons (Fsp3) is 0.318. The molecule has 8 nitrogen and oxygen atoms in total. The molecule has 0 aliphatic carbocycles. The predicted molar refractivity (Wildman–Crippen MR) is 127 cm³/mol. The zero-order chi connectivity index (χ0) is 29.6. The van der Waals surface area contributed by atoms with Crippen LogP contribution in [0.15, 0.2) is 35.5 Å². The van der Waals surface area contributed by atoms with Gasteiger partial charge in [-0.15, -0.1) is 0 Å². The third kappa shape index (κ3) is 6.01. The van der Waals surface area contributed by atoms with E-state index in [4.69, 9.17) is 39.6 Å². The van der Waals surface area contributed by atoms with Crippen LogP contribution >= 0.6 is 34.8 Å². The summed E-state index contributed by atoms with van der Waals surface area (Å²) in [4.78, 5) is 34.3. The lowest BCUT2D eigenvalue weighted by Gasteiger charge is -2.29. The highest BCUT2D eigenvalue weighted by molar-refractivity contribution is 6.35. The number of amides is 2. The lowest BCUT2D eigenvalue weighted by atomic mass is 9.89. The average molecular weight is 638 g/mol. The Kier molecular flexibility index (Phi) is 8.06. The quantitative estimate of drug-likeness (QED) is 0.318. The van der Waals surface area contributed by atoms with Crippen molar-refractivity contribution in [3.05, 3.63) is 62.3 Å². The number of hydroxylamine groups is 2. The SMILES string of the molecule is O=C(N[C@@H]1CON(CC(F)(F)F)C1=O)c1cc(NC2=NOC(c3cc(Cl)c(F)c(Cl)c3)(C(F)(F)F)C2)ccc1Cl. The molecule has 2 aliphatic rings. The van der Waals surface area contributed by atoms with Crippen molar-refractivity contribution in [2.24, 2.45) is 5.16 Å². The van der Waals surface area contributed by atoms with Crippen LogP contribution in [-0.4, -0.2) is 54.3 Å². The van der Waals surface area contributed by atoms with Gasteiger partial charge in [0, 0.05) is 11.3 Å². The second-order valence-corrected chi connectivity index (χ2v) is 9.74. The van der Waals surface area contributed by atoms with Crippen molar-refractivity contribution < 1.29 is 50.0 Å². The number of rotatable bonds is 5. The molecule has 0 bridgehead atoms. The van der Waals surface area contributed by atoms with Crippen molar-refractivity contribution in [2.45, 2.75) is 30.4 Å². The van der Waals surface area contributed by atoms with Gasteiger partial charge in [-0.25, -0.2) is 9.45 Å². The maximum absolute atomic E-state index is 14.2. The number of hydrogen-bond donors (Lipinski definition) is 2. The predicted octanol–water partition coefficient (Wildman–Crippen LogP) is 5.82. The molecule has 0 spiro atoms. The van der Waals surface area contributed by atoms with Crippen molar-refractivity contribution in [3.63, 3.8) is 0 Å². The first-order valence-electron chi connectivity index (χ1n) is 10.9. The van der Waals surface area contributed by atoms with Crippen molar-refractivity contribution in [2.75, 3.05) is 18.5 Å². The summed E-state index contributed by atoms with van der Waals surface area (Å²) in [7, 11) is 0. The van der Waals surface area contributed by atoms with Crippen molar-refractivity contribution in [1.82, 2.24) is 10.4 Å². The molecule has 40 heavy (non-hydrogen) atoms. The highest BCUT2D eigenvalue weighted by atomic mass is 35.5. The Labute approximate surface area is 234 Å². The first-order valence-corrected chi connectivity index (χ1v) is 12.0. The molecule has 2 atom stereocenters. The van der Waals surface area contributed by atoms with Crippen LogP contribution in [0, 0.1) is 5.82 Å². The van der Waals surface area contributed by atoms with Gasteiger partial charge in [0.25, 0.3) is 17.4 Å². The minimum Gasteiger partial charge on any atom is -0.372 e. The zero-order valence-electron chi connectivity index (χ0n) is 19.4. The van der Waals surface area contributed by atoms with Crippen molar-refractivity contribution in [3.8, 4) is 0 Å². The number of hydrogen-bond acceptors (Lipinski definition) is 6. The molecule has 0 radical (unpaired) electrons. The number of anilines is 1. The Morgan fingerprint density at radius 1 is 1.07 bits per heavy atom. The number of amidine groups is 1. The molecule has 2 N–H and O–H groups in total. The Balaban J connectivity index is 1.50. The van der Waals surface area contributed by atoms with Crippen LogP contribution in [0.1, 0.15) is 22.3 Å². The second-order valence-electron chi connectivity index (χ2n) is 8.52. The third-order valence-corrected chi connectivity index (χ3v) is 6.58. The van der Waals surface area contributed by atoms with Crippen LogP contribution in [0.25, 0.3) is 0 Å². The summed E-state index contributed by atoms with van der Waals surface area (Å²) >= 11 is 17.4. The number of oxime groups is 1. The van der Waals surface area contributed by atoms with E-state index in [2.05, 4.69) is 20.6 Å². The van der Waals surface area contributed by atoms with Gasteiger partial charge in [0.15, 0.2) is 11.7 Å². The van der Waals surface area contributed by atoms with Gasteiger partial charge in [0.1, 0.15) is 19.2 Å². The van der Waals surface area contributed by atoms with Crippen LogP contribution in [0.2, 0.25) is 15.1 Å². The maximum Gasteiger partial charge on any atom is 0.435 e. The summed E-state index contributed by atoms with van der Waals surface area (Å²) in [6.45, 7) is -2.25. The summed E-state index contributed by atoms with van der Waals surface area (Å²) in [5, 5.41) is 6.79. The molecule has 0 aromatic heterocycles. The van der Waals surface area contributed by atoms with E-state index >= 15 is 0 Å². The summed E-state index contributed by atoms with van der Waals surface area (Å²) in [6, 6.07) is 3.57. The van der Waals surface area contributed by atoms with Gasteiger partial charge in [-0.05, 0) is 30.3 Å². The molecule has 2 heterocycles. The van der Waals surface area contributed by atoms with E-state index in [1.807, 2.05) is 0 Å². The van der Waals surface area contributed by atoms with Gasteiger partial charge in [-0.2, -0.15) is 26.3 Å². The minimum atomic E-state index is -5.06. The topological polar surface area (TPSA) is 92.3 Å². The van der Waals surface area contributed by atoms with E-state index in [0.29, 0.717) is 12.1 Å². The van der Waals surface area contributed by atoms with E-state index in [-0.39, 0.29) is 27.2 Å². The summed E-state index contributed by atoms with van der Waals surface area (Å²) < 4.78 is 94.0. The largest absolute Gasteiger partial charge is 0.435 e. The number of nitrogens with one attached hydrogen (secondary N) is 2. The number of alkyl halides is 6. The molecule has 1 fully saturated rings. The molecule has 18 heteroatoms. The molecule has 1 saturated heterocycles. The van der Waals surface area contributed by atoms with Gasteiger partial charge < -0.3 is 15.5 Å². The molecule has 2 aromatic rings. The molecule has 1 unspecified atom stereocenters. The van der Waals surface area contributed by atoms with E-state index in [1.165, 1.54) is 12.1 Å². The Bertz CT molecular complexity index is 1370.